The lowest BCUT2D eigenvalue weighted by Crippen LogP contribution is -2.35. The molecule has 0 unspecified atom stereocenters. The summed E-state index contributed by atoms with van der Waals surface area (Å²) in [4.78, 5) is 0. The van der Waals surface area contributed by atoms with Gasteiger partial charge in [-0.25, -0.2) is 0 Å². The Bertz CT molecular complexity index is 413. The van der Waals surface area contributed by atoms with Crippen molar-refractivity contribution in [3.63, 3.8) is 0 Å². The van der Waals surface area contributed by atoms with Crippen LogP contribution in [0.3, 0.4) is 0 Å². The van der Waals surface area contributed by atoms with Gasteiger partial charge >= 0.3 is 0 Å². The van der Waals surface area contributed by atoms with Gasteiger partial charge in [-0.15, -0.1) is 0 Å². The van der Waals surface area contributed by atoms with Crippen LogP contribution in [0.1, 0.15) is 17.5 Å². The number of hydrazone groups is 1. The average molecular weight is 204 g/mol. The molecule has 1 aromatic rings. The maximum absolute atomic E-state index is 5.39. The molecule has 0 spiro atoms. The van der Waals surface area contributed by atoms with Gasteiger partial charge in [0.05, 0.1) is 26.9 Å². The third-order valence-electron chi connectivity index (χ3n) is 2.95. The predicted molar refractivity (Wildman–Crippen MR) is 65.1 cm³/mol. The van der Waals surface area contributed by atoms with E-state index < -0.39 is 0 Å². The molecule has 1 aliphatic rings. The van der Waals surface area contributed by atoms with E-state index in [1.54, 1.807) is 0 Å². The van der Waals surface area contributed by atoms with E-state index in [1.165, 1.54) is 16.8 Å². The monoisotopic (exact) mass is 204 g/mol. The van der Waals surface area contributed by atoms with E-state index in [1.807, 2.05) is 0 Å². The van der Waals surface area contributed by atoms with E-state index in [2.05, 4.69) is 44.4 Å². The minimum Gasteiger partial charge on any atom is -0.323 e. The van der Waals surface area contributed by atoms with Crippen LogP contribution in [0.5, 0.6) is 0 Å². The van der Waals surface area contributed by atoms with E-state index >= 15 is 0 Å². The highest BCUT2D eigenvalue weighted by Crippen LogP contribution is 2.32. The van der Waals surface area contributed by atoms with E-state index in [0.29, 0.717) is 0 Å². The Morgan fingerprint density at radius 3 is 2.53 bits per heavy atom. The van der Waals surface area contributed by atoms with Gasteiger partial charge in [0.1, 0.15) is 5.69 Å². The molecule has 0 atom stereocenters. The lowest BCUT2D eigenvalue weighted by molar-refractivity contribution is 0.483. The fraction of sp³-hybridized carbons (Fsp3) is 0.417. The van der Waals surface area contributed by atoms with Crippen LogP contribution >= 0.6 is 0 Å². The summed E-state index contributed by atoms with van der Waals surface area (Å²) in [7, 11) is 6.56. The van der Waals surface area contributed by atoms with Gasteiger partial charge in [0.15, 0.2) is 0 Å². The Hall–Kier alpha value is -1.35. The summed E-state index contributed by atoms with van der Waals surface area (Å²) >= 11 is 0. The highest BCUT2D eigenvalue weighted by atomic mass is 15.3. The minimum absolute atomic E-state index is 0.848. The minimum atomic E-state index is 0.848. The van der Waals surface area contributed by atoms with Crippen molar-refractivity contribution in [3.8, 4) is 0 Å². The number of rotatable bonds is 1. The van der Waals surface area contributed by atoms with Crippen molar-refractivity contribution < 1.29 is 0 Å². The van der Waals surface area contributed by atoms with Crippen LogP contribution in [0.2, 0.25) is 0 Å². The van der Waals surface area contributed by atoms with Crippen LogP contribution in [-0.2, 0) is 6.42 Å². The standard InChI is InChI=1S/C12H18N3/c1-15(2,3)12-6-4-5-9-10(12)7-8-11(9)14-13/h4-6H,7-8,13H2,1-3H3/q+1/b14-11+. The van der Waals surface area contributed by atoms with Crippen LogP contribution in [-0.4, -0.2) is 26.9 Å². The maximum atomic E-state index is 5.39. The molecule has 1 aromatic carbocycles. The van der Waals surface area contributed by atoms with Crippen molar-refractivity contribution >= 4 is 11.4 Å². The topological polar surface area (TPSA) is 38.4 Å². The summed E-state index contributed by atoms with van der Waals surface area (Å²) in [6, 6.07) is 6.40. The van der Waals surface area contributed by atoms with Gasteiger partial charge in [-0.05, 0) is 18.9 Å². The molecular formula is C12H18N3+. The molecule has 3 heteroatoms. The lowest BCUT2D eigenvalue weighted by Gasteiger charge is -2.25. The van der Waals surface area contributed by atoms with Crippen LogP contribution in [0.25, 0.3) is 0 Å². The molecule has 2 rings (SSSR count). The largest absolute Gasteiger partial charge is 0.323 e. The second-order valence-electron chi connectivity index (χ2n) is 4.89. The fourth-order valence-corrected chi connectivity index (χ4v) is 2.25. The molecule has 0 aliphatic heterocycles. The third kappa shape index (κ3) is 1.63. The highest BCUT2D eigenvalue weighted by Gasteiger charge is 2.26. The Labute approximate surface area is 90.8 Å². The number of quaternary nitrogens is 1. The number of nitrogens with two attached hydrogens (primary N) is 1. The van der Waals surface area contributed by atoms with E-state index in [4.69, 9.17) is 5.84 Å². The number of hydrogen-bond acceptors (Lipinski definition) is 2. The molecule has 1 aliphatic carbocycles. The molecule has 0 amide bonds. The van der Waals surface area contributed by atoms with Gasteiger partial charge in [0.2, 0.25) is 0 Å². The van der Waals surface area contributed by atoms with Crippen molar-refractivity contribution in [1.29, 1.82) is 0 Å². The van der Waals surface area contributed by atoms with Crippen LogP contribution in [0, 0.1) is 0 Å². The molecule has 15 heavy (non-hydrogen) atoms. The first-order valence-corrected chi connectivity index (χ1v) is 5.25. The Kier molecular flexibility index (Phi) is 2.27. The van der Waals surface area contributed by atoms with Crippen molar-refractivity contribution in [3.05, 3.63) is 29.3 Å². The van der Waals surface area contributed by atoms with Gasteiger partial charge in [-0.1, -0.05) is 12.1 Å². The number of hydrogen-bond donors (Lipinski definition) is 1. The fourth-order valence-electron chi connectivity index (χ4n) is 2.25. The summed E-state index contributed by atoms with van der Waals surface area (Å²) in [6.45, 7) is 0. The van der Waals surface area contributed by atoms with Crippen LogP contribution in [0.4, 0.5) is 5.69 Å². The van der Waals surface area contributed by atoms with Crippen molar-refractivity contribution in [2.24, 2.45) is 10.9 Å². The maximum Gasteiger partial charge on any atom is 0.136 e. The summed E-state index contributed by atoms with van der Waals surface area (Å²) in [5, 5.41) is 3.86. The average Bonchev–Trinajstić information content (AvgIpc) is 2.58. The van der Waals surface area contributed by atoms with Crippen molar-refractivity contribution in [1.82, 2.24) is 4.48 Å². The van der Waals surface area contributed by atoms with Gasteiger partial charge in [0.25, 0.3) is 0 Å². The second-order valence-corrected chi connectivity index (χ2v) is 4.89. The number of nitrogens with zero attached hydrogens (tertiary/aromatic N) is 2. The Morgan fingerprint density at radius 2 is 1.93 bits per heavy atom. The van der Waals surface area contributed by atoms with Crippen LogP contribution < -0.4 is 10.3 Å². The second kappa shape index (κ2) is 3.35. The van der Waals surface area contributed by atoms with Crippen molar-refractivity contribution in [2.45, 2.75) is 12.8 Å². The van der Waals surface area contributed by atoms with Gasteiger partial charge in [-0.2, -0.15) is 5.10 Å². The summed E-state index contributed by atoms with van der Waals surface area (Å²) in [6.07, 6.45) is 2.04. The molecule has 80 valence electrons. The summed E-state index contributed by atoms with van der Waals surface area (Å²) in [5.41, 5.74) is 5.06. The predicted octanol–water partition coefficient (Wildman–Crippen LogP) is 1.49. The molecule has 0 fully saturated rings. The van der Waals surface area contributed by atoms with E-state index in [-0.39, 0.29) is 0 Å². The van der Waals surface area contributed by atoms with Crippen molar-refractivity contribution in [2.75, 3.05) is 21.1 Å². The number of benzene rings is 1. The Balaban J connectivity index is 2.59. The Morgan fingerprint density at radius 1 is 1.20 bits per heavy atom. The third-order valence-corrected chi connectivity index (χ3v) is 2.95. The lowest BCUT2D eigenvalue weighted by atomic mass is 10.1. The molecule has 0 radical (unpaired) electrons. The molecule has 0 saturated heterocycles. The molecule has 0 bridgehead atoms. The van der Waals surface area contributed by atoms with Gasteiger partial charge < -0.3 is 5.84 Å². The molecule has 0 saturated carbocycles. The first-order chi connectivity index (χ1) is 7.04. The number of fused-ring (bicyclic) bond motifs is 1. The van der Waals surface area contributed by atoms with Gasteiger partial charge in [-0.3, -0.25) is 4.48 Å². The smallest absolute Gasteiger partial charge is 0.136 e. The zero-order chi connectivity index (χ0) is 11.1. The summed E-state index contributed by atoms with van der Waals surface area (Å²) in [5.74, 6) is 5.39. The normalized spacial score (nSPS) is 18.2. The highest BCUT2D eigenvalue weighted by molar-refractivity contribution is 6.05. The van der Waals surface area contributed by atoms with E-state index in [0.717, 1.165) is 23.0 Å². The quantitative estimate of drug-likeness (QED) is 0.420. The first-order valence-electron chi connectivity index (χ1n) is 5.25. The van der Waals surface area contributed by atoms with E-state index in [9.17, 15) is 0 Å². The molecule has 2 N–H and O–H groups in total. The van der Waals surface area contributed by atoms with Crippen LogP contribution in [0.15, 0.2) is 23.3 Å². The first kappa shape index (κ1) is 10.2. The van der Waals surface area contributed by atoms with Gasteiger partial charge in [0, 0.05) is 11.1 Å². The molecule has 0 aromatic heterocycles. The zero-order valence-electron chi connectivity index (χ0n) is 9.62. The molecule has 3 nitrogen and oxygen atoms in total. The molecular weight excluding hydrogens is 186 g/mol. The summed E-state index contributed by atoms with van der Waals surface area (Å²) < 4.78 is 0.848. The zero-order valence-corrected chi connectivity index (χ0v) is 9.62. The SMILES string of the molecule is C[N+](C)(C)c1cccc2c1CC/C2=N\N. The molecule has 0 heterocycles.